The molecular weight excluding hydrogens is 264 g/mol. The normalized spacial score (nSPS) is 20.8. The number of hydrogen-bond acceptors (Lipinski definition) is 3. The van der Waals surface area contributed by atoms with Gasteiger partial charge in [0.15, 0.2) is 0 Å². The Morgan fingerprint density at radius 1 is 1.38 bits per heavy atom. The molecule has 0 unspecified atom stereocenters. The van der Waals surface area contributed by atoms with Crippen LogP contribution in [0.4, 0.5) is 0 Å². The van der Waals surface area contributed by atoms with Crippen molar-refractivity contribution in [3.05, 3.63) is 35.9 Å². The Balaban J connectivity index is 2.01. The number of amides is 1. The lowest BCUT2D eigenvalue weighted by molar-refractivity contribution is -0.135. The van der Waals surface area contributed by atoms with E-state index in [9.17, 15) is 4.79 Å². The molecule has 1 fully saturated rings. The van der Waals surface area contributed by atoms with Crippen LogP contribution in [0.1, 0.15) is 26.3 Å². The zero-order valence-corrected chi connectivity index (χ0v) is 13.2. The highest BCUT2D eigenvalue weighted by Gasteiger charge is 2.30. The van der Waals surface area contributed by atoms with E-state index in [1.165, 1.54) is 5.56 Å². The third-order valence-electron chi connectivity index (χ3n) is 3.86. The maximum absolute atomic E-state index is 12.4. The smallest absolute Gasteiger partial charge is 0.250 e. The van der Waals surface area contributed by atoms with Gasteiger partial charge in [-0.25, -0.2) is 0 Å². The molecule has 0 bridgehead atoms. The maximum atomic E-state index is 12.4. The molecule has 0 aromatic heterocycles. The number of hydrogen-bond donors (Lipinski definition) is 2. The fraction of sp³-hybridized carbons (Fsp3) is 0.588. The van der Waals surface area contributed by atoms with Crippen molar-refractivity contribution in [2.45, 2.75) is 39.3 Å². The van der Waals surface area contributed by atoms with E-state index >= 15 is 0 Å². The van der Waals surface area contributed by atoms with E-state index in [-0.39, 0.29) is 23.5 Å². The first-order valence-corrected chi connectivity index (χ1v) is 7.63. The van der Waals surface area contributed by atoms with E-state index in [2.05, 4.69) is 43.5 Å². The standard InChI is InChI=1S/C17H26N2O2/c1-17(2,3)15(11-13-7-5-4-6-8-13)19-16(20)14-12-18-9-10-21-14/h4-8,14-15,18H,9-12H2,1-3H3,(H,19,20)/t14-,15-/m1/s1. The van der Waals surface area contributed by atoms with E-state index in [0.717, 1.165) is 13.0 Å². The molecule has 1 aromatic rings. The summed E-state index contributed by atoms with van der Waals surface area (Å²) in [5.74, 6) is -0.0157. The Morgan fingerprint density at radius 3 is 2.67 bits per heavy atom. The first-order chi connectivity index (χ1) is 9.97. The predicted molar refractivity (Wildman–Crippen MR) is 84.1 cm³/mol. The average Bonchev–Trinajstić information content (AvgIpc) is 2.47. The molecule has 0 spiro atoms. The molecule has 116 valence electrons. The molecule has 21 heavy (non-hydrogen) atoms. The summed E-state index contributed by atoms with van der Waals surface area (Å²) in [6.45, 7) is 8.46. The lowest BCUT2D eigenvalue weighted by Crippen LogP contribution is -2.53. The number of carbonyl (C=O) groups is 1. The summed E-state index contributed by atoms with van der Waals surface area (Å²) >= 11 is 0. The molecule has 0 saturated carbocycles. The van der Waals surface area contributed by atoms with Crippen LogP contribution in [0.2, 0.25) is 0 Å². The Bertz CT molecular complexity index is 448. The van der Waals surface area contributed by atoms with E-state index in [0.29, 0.717) is 13.2 Å². The van der Waals surface area contributed by atoms with Gasteiger partial charge in [0.1, 0.15) is 6.10 Å². The highest BCUT2D eigenvalue weighted by Crippen LogP contribution is 2.23. The number of carbonyl (C=O) groups excluding carboxylic acids is 1. The van der Waals surface area contributed by atoms with Crippen LogP contribution in [0.25, 0.3) is 0 Å². The molecule has 0 aliphatic carbocycles. The second-order valence-corrected chi connectivity index (χ2v) is 6.68. The minimum Gasteiger partial charge on any atom is -0.366 e. The van der Waals surface area contributed by atoms with E-state index < -0.39 is 0 Å². The van der Waals surface area contributed by atoms with Crippen LogP contribution in [0.15, 0.2) is 30.3 Å². The van der Waals surface area contributed by atoms with Crippen LogP contribution < -0.4 is 10.6 Å². The molecule has 0 radical (unpaired) electrons. The van der Waals surface area contributed by atoms with Crippen LogP contribution in [-0.2, 0) is 16.0 Å². The van der Waals surface area contributed by atoms with Crippen LogP contribution in [0, 0.1) is 5.41 Å². The van der Waals surface area contributed by atoms with E-state index in [1.54, 1.807) is 0 Å². The summed E-state index contributed by atoms with van der Waals surface area (Å²) in [7, 11) is 0. The lowest BCUT2D eigenvalue weighted by atomic mass is 9.83. The van der Waals surface area contributed by atoms with Crippen molar-refractivity contribution >= 4 is 5.91 Å². The van der Waals surface area contributed by atoms with Crippen LogP contribution in [0.3, 0.4) is 0 Å². The Morgan fingerprint density at radius 2 is 2.10 bits per heavy atom. The Kier molecular flexibility index (Phi) is 5.37. The summed E-state index contributed by atoms with van der Waals surface area (Å²) in [5.41, 5.74) is 1.23. The van der Waals surface area contributed by atoms with Gasteiger partial charge in [0.05, 0.1) is 6.61 Å². The van der Waals surface area contributed by atoms with Gasteiger partial charge >= 0.3 is 0 Å². The largest absolute Gasteiger partial charge is 0.366 e. The van der Waals surface area contributed by atoms with Gasteiger partial charge in [-0.2, -0.15) is 0 Å². The van der Waals surface area contributed by atoms with Crippen molar-refractivity contribution < 1.29 is 9.53 Å². The summed E-state index contributed by atoms with van der Waals surface area (Å²) in [6, 6.07) is 10.4. The molecule has 4 heteroatoms. The number of morpholine rings is 1. The number of ether oxygens (including phenoxy) is 1. The van der Waals surface area contributed by atoms with Gasteiger partial charge in [0.25, 0.3) is 5.91 Å². The molecule has 4 nitrogen and oxygen atoms in total. The molecule has 1 aliphatic rings. The second kappa shape index (κ2) is 7.05. The first-order valence-electron chi connectivity index (χ1n) is 7.63. The van der Waals surface area contributed by atoms with Gasteiger partial charge in [-0.05, 0) is 17.4 Å². The molecule has 1 aromatic carbocycles. The second-order valence-electron chi connectivity index (χ2n) is 6.68. The first kappa shape index (κ1) is 16.0. The van der Waals surface area contributed by atoms with Crippen LogP contribution in [-0.4, -0.2) is 37.7 Å². The molecular formula is C17H26N2O2. The van der Waals surface area contributed by atoms with Crippen molar-refractivity contribution in [1.82, 2.24) is 10.6 Å². The van der Waals surface area contributed by atoms with Gasteiger partial charge in [0, 0.05) is 19.1 Å². The van der Waals surface area contributed by atoms with Crippen LogP contribution in [0.5, 0.6) is 0 Å². The Labute approximate surface area is 127 Å². The topological polar surface area (TPSA) is 50.4 Å². The molecule has 2 N–H and O–H groups in total. The summed E-state index contributed by atoms with van der Waals surface area (Å²) < 4.78 is 5.53. The lowest BCUT2D eigenvalue weighted by Gasteiger charge is -2.33. The number of benzene rings is 1. The zero-order chi connectivity index (χ0) is 15.3. The van der Waals surface area contributed by atoms with Crippen molar-refractivity contribution in [3.63, 3.8) is 0 Å². The van der Waals surface area contributed by atoms with Gasteiger partial charge in [-0.3, -0.25) is 4.79 Å². The molecule has 2 atom stereocenters. The van der Waals surface area contributed by atoms with E-state index in [1.807, 2.05) is 18.2 Å². The fourth-order valence-corrected chi connectivity index (χ4v) is 2.42. The monoisotopic (exact) mass is 290 g/mol. The Hall–Kier alpha value is -1.39. The van der Waals surface area contributed by atoms with Gasteiger partial charge in [-0.15, -0.1) is 0 Å². The quantitative estimate of drug-likeness (QED) is 0.888. The van der Waals surface area contributed by atoms with Crippen molar-refractivity contribution in [2.24, 2.45) is 5.41 Å². The van der Waals surface area contributed by atoms with E-state index in [4.69, 9.17) is 4.74 Å². The van der Waals surface area contributed by atoms with Crippen molar-refractivity contribution in [2.75, 3.05) is 19.7 Å². The highest BCUT2D eigenvalue weighted by molar-refractivity contribution is 5.81. The number of nitrogens with one attached hydrogen (secondary N) is 2. The maximum Gasteiger partial charge on any atom is 0.250 e. The van der Waals surface area contributed by atoms with Crippen LogP contribution >= 0.6 is 0 Å². The molecule has 1 heterocycles. The van der Waals surface area contributed by atoms with Gasteiger partial charge < -0.3 is 15.4 Å². The summed E-state index contributed by atoms with van der Waals surface area (Å²) in [4.78, 5) is 12.4. The summed E-state index contributed by atoms with van der Waals surface area (Å²) in [6.07, 6.45) is 0.454. The third kappa shape index (κ3) is 4.83. The average molecular weight is 290 g/mol. The molecule has 2 rings (SSSR count). The predicted octanol–water partition coefficient (Wildman–Crippen LogP) is 1.75. The molecule has 1 saturated heterocycles. The van der Waals surface area contributed by atoms with Gasteiger partial charge in [-0.1, -0.05) is 51.1 Å². The molecule has 1 aliphatic heterocycles. The van der Waals surface area contributed by atoms with Gasteiger partial charge in [0.2, 0.25) is 0 Å². The highest BCUT2D eigenvalue weighted by atomic mass is 16.5. The van der Waals surface area contributed by atoms with Crippen molar-refractivity contribution in [1.29, 1.82) is 0 Å². The SMILES string of the molecule is CC(C)(C)[C@@H](Cc1ccccc1)NC(=O)[C@H]1CNCCO1. The zero-order valence-electron chi connectivity index (χ0n) is 13.2. The number of rotatable bonds is 4. The fourth-order valence-electron chi connectivity index (χ4n) is 2.42. The third-order valence-corrected chi connectivity index (χ3v) is 3.86. The molecule has 1 amide bonds. The minimum atomic E-state index is -0.376. The minimum absolute atomic E-state index is 0.00635. The summed E-state index contributed by atoms with van der Waals surface area (Å²) in [5, 5.41) is 6.36. The van der Waals surface area contributed by atoms with Crippen molar-refractivity contribution in [3.8, 4) is 0 Å².